The Morgan fingerprint density at radius 1 is 1.14 bits per heavy atom. The minimum absolute atomic E-state index is 0.656. The Morgan fingerprint density at radius 3 is 2.79 bits per heavy atom. The molecule has 0 spiro atoms. The Bertz CT molecular complexity index is 1260. The van der Waals surface area contributed by atoms with Gasteiger partial charge in [-0.1, -0.05) is 6.08 Å². The largest absolute Gasteiger partial charge is 0.384 e. The van der Waals surface area contributed by atoms with Gasteiger partial charge in [-0.3, -0.25) is 9.67 Å². The van der Waals surface area contributed by atoms with Crippen LogP contribution in [0.3, 0.4) is 0 Å². The molecule has 7 heteroatoms. The van der Waals surface area contributed by atoms with Gasteiger partial charge in [0.25, 0.3) is 0 Å². The van der Waals surface area contributed by atoms with Crippen LogP contribution < -0.4 is 5.32 Å². The zero-order chi connectivity index (χ0) is 20.2. The number of anilines is 2. The zero-order valence-electron chi connectivity index (χ0n) is 16.6. The van der Waals surface area contributed by atoms with Crippen LogP contribution in [-0.2, 0) is 19.1 Å². The second-order valence-corrected chi connectivity index (χ2v) is 7.90. The minimum Gasteiger partial charge on any atom is -0.384 e. The van der Waals surface area contributed by atoms with Gasteiger partial charge < -0.3 is 14.8 Å². The number of hydrogen-bond donors (Lipinski definition) is 2. The van der Waals surface area contributed by atoms with Gasteiger partial charge >= 0.3 is 0 Å². The van der Waals surface area contributed by atoms with Crippen LogP contribution in [-0.4, -0.2) is 29.3 Å². The second kappa shape index (κ2) is 6.28. The fourth-order valence-corrected chi connectivity index (χ4v) is 3.81. The Morgan fingerprint density at radius 2 is 2.00 bits per heavy atom. The first-order valence-corrected chi connectivity index (χ1v) is 9.55. The van der Waals surface area contributed by atoms with Gasteiger partial charge in [-0.2, -0.15) is 5.10 Å². The molecule has 0 amide bonds. The highest BCUT2D eigenvalue weighted by atomic mass is 16.3. The van der Waals surface area contributed by atoms with Crippen LogP contribution in [0, 0.1) is 0 Å². The Labute approximate surface area is 168 Å². The smallest absolute Gasteiger partial charge is 0.160 e. The number of nitrogens with zero attached hydrogens (tertiary/aromatic N) is 5. The number of fused-ring (bicyclic) bond motifs is 2. The van der Waals surface area contributed by atoms with E-state index in [1.807, 2.05) is 29.9 Å². The topological polar surface area (TPSA) is 80.3 Å². The van der Waals surface area contributed by atoms with Crippen molar-refractivity contribution in [1.82, 2.24) is 24.1 Å². The van der Waals surface area contributed by atoms with Crippen molar-refractivity contribution < 1.29 is 5.11 Å². The van der Waals surface area contributed by atoms with Gasteiger partial charge in [0.15, 0.2) is 11.5 Å². The molecule has 0 bridgehead atoms. The molecular formula is C22H22N6O. The SMILES string of the molecule is Cn1nc(Nc2cc(-c3cnc4c(c3)CC=C4)cn3ccnc23)cc1C(C)(C)O. The van der Waals surface area contributed by atoms with Crippen LogP contribution in [0.2, 0.25) is 0 Å². The molecule has 0 saturated carbocycles. The lowest BCUT2D eigenvalue weighted by atomic mass is 10.1. The van der Waals surface area contributed by atoms with Crippen LogP contribution in [0.25, 0.3) is 22.9 Å². The van der Waals surface area contributed by atoms with Gasteiger partial charge in [-0.05, 0) is 44.0 Å². The van der Waals surface area contributed by atoms with Crippen molar-refractivity contribution in [2.75, 3.05) is 5.32 Å². The van der Waals surface area contributed by atoms with Crippen LogP contribution in [0.5, 0.6) is 0 Å². The van der Waals surface area contributed by atoms with Crippen molar-refractivity contribution in [3.63, 3.8) is 0 Å². The first kappa shape index (κ1) is 17.6. The number of aromatic nitrogens is 5. The van der Waals surface area contributed by atoms with Crippen molar-refractivity contribution in [2.45, 2.75) is 25.9 Å². The molecule has 0 unspecified atom stereocenters. The summed E-state index contributed by atoms with van der Waals surface area (Å²) >= 11 is 0. The van der Waals surface area contributed by atoms with Crippen LogP contribution in [0.15, 0.2) is 49.1 Å². The van der Waals surface area contributed by atoms with Gasteiger partial charge in [-0.15, -0.1) is 0 Å². The van der Waals surface area contributed by atoms with Gasteiger partial charge in [0, 0.05) is 49.0 Å². The lowest BCUT2D eigenvalue weighted by Gasteiger charge is -2.16. The number of allylic oxidation sites excluding steroid dienone is 1. The number of hydrogen-bond acceptors (Lipinski definition) is 5. The van der Waals surface area contributed by atoms with E-state index in [0.717, 1.165) is 40.3 Å². The minimum atomic E-state index is -0.976. The molecule has 0 fully saturated rings. The number of rotatable bonds is 4. The van der Waals surface area contributed by atoms with E-state index in [0.29, 0.717) is 5.82 Å². The molecule has 7 nitrogen and oxygen atoms in total. The fraction of sp³-hybridized carbons (Fsp3) is 0.227. The third-order valence-corrected chi connectivity index (χ3v) is 5.21. The zero-order valence-corrected chi connectivity index (χ0v) is 16.6. The average Bonchev–Trinajstić information content (AvgIpc) is 3.39. The summed E-state index contributed by atoms with van der Waals surface area (Å²) in [5.41, 5.74) is 5.78. The van der Waals surface area contributed by atoms with E-state index in [4.69, 9.17) is 0 Å². The first-order valence-electron chi connectivity index (χ1n) is 9.55. The third-order valence-electron chi connectivity index (χ3n) is 5.21. The van der Waals surface area contributed by atoms with Gasteiger partial charge in [0.2, 0.25) is 0 Å². The lowest BCUT2D eigenvalue weighted by Crippen LogP contribution is -2.19. The fourth-order valence-electron chi connectivity index (χ4n) is 3.81. The van der Waals surface area contributed by atoms with Gasteiger partial charge in [0.1, 0.15) is 5.60 Å². The monoisotopic (exact) mass is 386 g/mol. The van der Waals surface area contributed by atoms with Crippen molar-refractivity contribution in [3.8, 4) is 11.1 Å². The van der Waals surface area contributed by atoms with E-state index in [9.17, 15) is 5.11 Å². The van der Waals surface area contributed by atoms with E-state index in [-0.39, 0.29) is 0 Å². The Hall–Kier alpha value is -3.45. The van der Waals surface area contributed by atoms with Crippen LogP contribution in [0.1, 0.15) is 30.8 Å². The number of aryl methyl sites for hydroxylation is 1. The molecule has 0 aromatic carbocycles. The summed E-state index contributed by atoms with van der Waals surface area (Å²) in [4.78, 5) is 9.06. The highest BCUT2D eigenvalue weighted by Gasteiger charge is 2.22. The summed E-state index contributed by atoms with van der Waals surface area (Å²) in [6, 6.07) is 6.11. The Kier molecular flexibility index (Phi) is 3.82. The van der Waals surface area contributed by atoms with E-state index >= 15 is 0 Å². The van der Waals surface area contributed by atoms with Crippen LogP contribution >= 0.6 is 0 Å². The van der Waals surface area contributed by atoms with Gasteiger partial charge in [-0.25, -0.2) is 4.98 Å². The molecule has 1 aliphatic rings. The molecule has 2 N–H and O–H groups in total. The maximum Gasteiger partial charge on any atom is 0.160 e. The van der Waals surface area contributed by atoms with Crippen molar-refractivity contribution in [2.24, 2.45) is 7.05 Å². The predicted octanol–water partition coefficient (Wildman–Crippen LogP) is 3.67. The number of nitrogens with one attached hydrogen (secondary N) is 1. The van der Waals surface area contributed by atoms with Crippen molar-refractivity contribution in [1.29, 1.82) is 0 Å². The second-order valence-electron chi connectivity index (χ2n) is 7.90. The molecule has 146 valence electrons. The summed E-state index contributed by atoms with van der Waals surface area (Å²) in [5, 5.41) is 18.2. The molecule has 0 saturated heterocycles. The number of aliphatic hydroxyl groups is 1. The molecule has 0 radical (unpaired) electrons. The lowest BCUT2D eigenvalue weighted by molar-refractivity contribution is 0.0696. The molecule has 4 aromatic heterocycles. The molecule has 0 atom stereocenters. The van der Waals surface area contributed by atoms with Crippen molar-refractivity contribution in [3.05, 3.63) is 66.0 Å². The highest BCUT2D eigenvalue weighted by molar-refractivity contribution is 5.79. The molecule has 29 heavy (non-hydrogen) atoms. The molecule has 4 aromatic rings. The maximum absolute atomic E-state index is 10.3. The summed E-state index contributed by atoms with van der Waals surface area (Å²) < 4.78 is 3.68. The maximum atomic E-state index is 10.3. The molecule has 5 rings (SSSR count). The predicted molar refractivity (Wildman–Crippen MR) is 113 cm³/mol. The average molecular weight is 386 g/mol. The summed E-state index contributed by atoms with van der Waals surface area (Å²) in [5.74, 6) is 0.656. The van der Waals surface area contributed by atoms with E-state index < -0.39 is 5.60 Å². The highest BCUT2D eigenvalue weighted by Crippen LogP contribution is 2.31. The van der Waals surface area contributed by atoms with E-state index in [1.165, 1.54) is 5.56 Å². The van der Waals surface area contributed by atoms with Crippen molar-refractivity contribution >= 4 is 23.2 Å². The number of imidazole rings is 1. The standard InChI is InChI=1S/C22H22N6O/c1-22(2,29)19-11-20(26-27(19)3)25-18-10-16(13-28-8-7-23-21(18)28)15-9-14-5-4-6-17(14)24-12-15/h4,6-13,29H,5H2,1-3H3,(H,25,26). The summed E-state index contributed by atoms with van der Waals surface area (Å²) in [7, 11) is 1.82. The van der Waals surface area contributed by atoms with E-state index in [1.54, 1.807) is 24.7 Å². The number of pyridine rings is 2. The Balaban J connectivity index is 1.57. The molecule has 1 aliphatic carbocycles. The third kappa shape index (κ3) is 3.09. The quantitative estimate of drug-likeness (QED) is 0.559. The van der Waals surface area contributed by atoms with E-state index in [2.05, 4.69) is 50.9 Å². The summed E-state index contributed by atoms with van der Waals surface area (Å²) in [6.45, 7) is 3.49. The normalized spacial score (nSPS) is 13.2. The molecule has 4 heterocycles. The van der Waals surface area contributed by atoms with Crippen LogP contribution in [0.4, 0.5) is 11.5 Å². The molecule has 0 aliphatic heterocycles. The first-order chi connectivity index (χ1) is 13.9. The van der Waals surface area contributed by atoms with Gasteiger partial charge in [0.05, 0.1) is 17.1 Å². The molecular weight excluding hydrogens is 364 g/mol. The summed E-state index contributed by atoms with van der Waals surface area (Å²) in [6.07, 6.45) is 12.8.